The van der Waals surface area contributed by atoms with Gasteiger partial charge in [-0.2, -0.15) is 4.90 Å². The molecule has 0 saturated carbocycles. The van der Waals surface area contributed by atoms with E-state index in [9.17, 15) is 19.2 Å². The van der Waals surface area contributed by atoms with Crippen molar-refractivity contribution < 1.29 is 38.1 Å². The Morgan fingerprint density at radius 1 is 0.750 bits per heavy atom. The van der Waals surface area contributed by atoms with Crippen molar-refractivity contribution in [1.82, 2.24) is 9.97 Å². The molecule has 0 atom stereocenters. The summed E-state index contributed by atoms with van der Waals surface area (Å²) < 4.78 is 20.9. The van der Waals surface area contributed by atoms with Gasteiger partial charge in [0.2, 0.25) is 0 Å². The Morgan fingerprint density at radius 3 is 1.52 bits per heavy atom. The molecule has 2 rings (SSSR count). The van der Waals surface area contributed by atoms with Gasteiger partial charge >= 0.3 is 24.1 Å². The maximum absolute atomic E-state index is 12.8. The lowest BCUT2D eigenvalue weighted by atomic mass is 10.2. The number of hydrogen-bond donors (Lipinski definition) is 1. The van der Waals surface area contributed by atoms with Gasteiger partial charge in [0.05, 0.1) is 25.6 Å². The number of esters is 2. The number of imide groups is 1. The van der Waals surface area contributed by atoms with Crippen molar-refractivity contribution in [2.45, 2.75) is 66.6 Å². The molecule has 2 aromatic rings. The Hall–Kier alpha value is -3.26. The molecule has 0 unspecified atom stereocenters. The third kappa shape index (κ3) is 10.0. The molecule has 0 aliphatic heterocycles. The second-order valence-corrected chi connectivity index (χ2v) is 11.8. The number of nitrogens with two attached hydrogens (primary N) is 1. The topological polar surface area (TPSA) is 160 Å². The fraction of sp³-hybridized carbons (Fsp3) is 0.462. The van der Waals surface area contributed by atoms with Crippen molar-refractivity contribution in [3.63, 3.8) is 0 Å². The van der Waals surface area contributed by atoms with Crippen LogP contribution in [0.4, 0.5) is 21.0 Å². The highest BCUT2D eigenvalue weighted by atomic mass is 79.9. The molecule has 0 spiro atoms. The van der Waals surface area contributed by atoms with Crippen molar-refractivity contribution in [1.29, 1.82) is 0 Å². The highest BCUT2D eigenvalue weighted by Gasteiger charge is 2.36. The number of pyridine rings is 2. The van der Waals surface area contributed by atoms with Crippen molar-refractivity contribution in [3.05, 3.63) is 43.9 Å². The Balaban J connectivity index is 0.000000512. The number of aromatic nitrogens is 2. The van der Waals surface area contributed by atoms with Gasteiger partial charge in [-0.1, -0.05) is 0 Å². The smallest absolute Gasteiger partial charge is 0.424 e. The SMILES string of the molecule is COC(=O)c1nc(Br)c(C)cc1N.COC(=O)c1nc(Br)c(C)cc1N(C(=O)OC(C)(C)C)C(=O)OC(C)(C)C. The highest BCUT2D eigenvalue weighted by molar-refractivity contribution is 9.10. The van der Waals surface area contributed by atoms with E-state index in [1.165, 1.54) is 20.3 Å². The average Bonchev–Trinajstić information content (AvgIpc) is 2.80. The number of nitrogens with zero attached hydrogens (tertiary/aromatic N) is 3. The first-order valence-corrected chi connectivity index (χ1v) is 13.3. The molecule has 12 nitrogen and oxygen atoms in total. The average molecular weight is 690 g/mol. The molecule has 0 aromatic carbocycles. The van der Waals surface area contributed by atoms with Gasteiger partial charge in [-0.15, -0.1) is 0 Å². The van der Waals surface area contributed by atoms with Crippen molar-refractivity contribution in [2.24, 2.45) is 0 Å². The molecule has 40 heavy (non-hydrogen) atoms. The number of anilines is 2. The van der Waals surface area contributed by atoms with Crippen LogP contribution in [0.1, 0.15) is 73.6 Å². The minimum Gasteiger partial charge on any atom is -0.464 e. The number of methoxy groups -OCH3 is 2. The fourth-order valence-corrected chi connectivity index (χ4v) is 3.34. The zero-order valence-electron chi connectivity index (χ0n) is 24.1. The number of carbonyl (C=O) groups excluding carboxylic acids is 4. The van der Waals surface area contributed by atoms with Crippen LogP contribution in [0.25, 0.3) is 0 Å². The zero-order valence-corrected chi connectivity index (χ0v) is 27.3. The summed E-state index contributed by atoms with van der Waals surface area (Å²) in [7, 11) is 2.46. The van der Waals surface area contributed by atoms with E-state index in [1.807, 2.05) is 6.92 Å². The van der Waals surface area contributed by atoms with Crippen LogP contribution in [0.5, 0.6) is 0 Å². The number of hydrogen-bond acceptors (Lipinski definition) is 11. The van der Waals surface area contributed by atoms with Crippen LogP contribution in [-0.4, -0.2) is 59.5 Å². The van der Waals surface area contributed by atoms with Gasteiger partial charge in [-0.3, -0.25) is 0 Å². The molecule has 2 amide bonds. The molecule has 2 aromatic heterocycles. The first kappa shape index (κ1) is 34.8. The Kier molecular flexibility index (Phi) is 12.1. The van der Waals surface area contributed by atoms with E-state index >= 15 is 0 Å². The maximum Gasteiger partial charge on any atom is 0.424 e. The number of nitrogen functional groups attached to an aromatic ring is 1. The van der Waals surface area contributed by atoms with Gasteiger partial charge in [0.15, 0.2) is 11.4 Å². The standard InChI is InChI=1S/C18H25BrN2O6.C8H9BrN2O2/c1-10-9-11(12(14(22)25-8)20-13(10)19)21(15(23)26-17(2,3)4)16(24)27-18(5,6)7;1-4-3-5(10)6(8(12)13-2)11-7(4)9/h9H,1-8H3;3H,10H2,1-2H3. The summed E-state index contributed by atoms with van der Waals surface area (Å²) in [6.07, 6.45) is -1.99. The molecule has 0 aliphatic carbocycles. The van der Waals surface area contributed by atoms with Crippen molar-refractivity contribution in [3.8, 4) is 0 Å². The number of aryl methyl sites for hydroxylation is 2. The van der Waals surface area contributed by atoms with Crippen LogP contribution in [0.2, 0.25) is 0 Å². The predicted octanol–water partition coefficient (Wildman–Crippen LogP) is 6.14. The van der Waals surface area contributed by atoms with Crippen LogP contribution >= 0.6 is 31.9 Å². The summed E-state index contributed by atoms with van der Waals surface area (Å²) in [6, 6.07) is 3.13. The third-order valence-corrected chi connectivity index (χ3v) is 6.07. The van der Waals surface area contributed by atoms with Crippen LogP contribution in [0, 0.1) is 13.8 Å². The summed E-state index contributed by atoms with van der Waals surface area (Å²) >= 11 is 6.43. The number of halogens is 2. The number of carbonyl (C=O) groups is 4. The summed E-state index contributed by atoms with van der Waals surface area (Å²) in [5.41, 5.74) is 5.45. The second kappa shape index (κ2) is 13.9. The Morgan fingerprint density at radius 2 is 1.12 bits per heavy atom. The lowest BCUT2D eigenvalue weighted by Crippen LogP contribution is -2.44. The highest BCUT2D eigenvalue weighted by Crippen LogP contribution is 2.29. The van der Waals surface area contributed by atoms with Crippen molar-refractivity contribution in [2.75, 3.05) is 24.9 Å². The van der Waals surface area contributed by atoms with E-state index < -0.39 is 35.3 Å². The minimum atomic E-state index is -0.995. The molecule has 0 aliphatic rings. The van der Waals surface area contributed by atoms with Gasteiger partial charge in [0.1, 0.15) is 20.4 Å². The first-order chi connectivity index (χ1) is 18.2. The normalized spacial score (nSPS) is 11.0. The summed E-state index contributed by atoms with van der Waals surface area (Å²) in [4.78, 5) is 57.5. The second-order valence-electron chi connectivity index (χ2n) is 10.3. The zero-order chi connectivity index (χ0) is 31.2. The minimum absolute atomic E-state index is 0.0916. The molecular formula is C26H34Br2N4O8. The molecular weight excluding hydrogens is 656 g/mol. The lowest BCUT2D eigenvalue weighted by molar-refractivity contribution is 0.0429. The predicted molar refractivity (Wildman–Crippen MR) is 155 cm³/mol. The van der Waals surface area contributed by atoms with Gasteiger partial charge in [-0.25, -0.2) is 29.1 Å². The molecule has 0 radical (unpaired) electrons. The van der Waals surface area contributed by atoms with Gasteiger partial charge in [-0.05, 0) is 111 Å². The molecule has 220 valence electrons. The van der Waals surface area contributed by atoms with E-state index in [1.54, 1.807) is 54.5 Å². The maximum atomic E-state index is 12.8. The van der Waals surface area contributed by atoms with Gasteiger partial charge in [0.25, 0.3) is 0 Å². The van der Waals surface area contributed by atoms with E-state index in [0.29, 0.717) is 25.4 Å². The van der Waals surface area contributed by atoms with Gasteiger partial charge < -0.3 is 24.7 Å². The summed E-state index contributed by atoms with van der Waals surface area (Å²) in [6.45, 7) is 13.5. The quantitative estimate of drug-likeness (QED) is 0.224. The van der Waals surface area contributed by atoms with E-state index in [4.69, 9.17) is 19.9 Å². The van der Waals surface area contributed by atoms with Crippen LogP contribution < -0.4 is 10.6 Å². The van der Waals surface area contributed by atoms with Crippen molar-refractivity contribution >= 4 is 67.4 Å². The molecule has 2 heterocycles. The fourth-order valence-electron chi connectivity index (χ4n) is 2.75. The largest absolute Gasteiger partial charge is 0.464 e. The molecule has 0 saturated heterocycles. The molecule has 0 bridgehead atoms. The molecule has 0 fully saturated rings. The third-order valence-electron chi connectivity index (χ3n) is 4.46. The first-order valence-electron chi connectivity index (χ1n) is 11.7. The monoisotopic (exact) mass is 688 g/mol. The van der Waals surface area contributed by atoms with E-state index in [0.717, 1.165) is 5.56 Å². The summed E-state index contributed by atoms with van der Waals surface area (Å²) in [5.74, 6) is -1.35. The van der Waals surface area contributed by atoms with Crippen LogP contribution in [0.15, 0.2) is 21.3 Å². The number of ether oxygens (including phenoxy) is 4. The lowest BCUT2D eigenvalue weighted by Gasteiger charge is -2.29. The number of rotatable bonds is 3. The van der Waals surface area contributed by atoms with E-state index in [-0.39, 0.29) is 17.1 Å². The van der Waals surface area contributed by atoms with Crippen LogP contribution in [0.3, 0.4) is 0 Å². The number of amides is 2. The van der Waals surface area contributed by atoms with Crippen LogP contribution in [-0.2, 0) is 18.9 Å². The Bertz CT molecular complexity index is 1260. The molecule has 14 heteroatoms. The molecule has 2 N–H and O–H groups in total. The summed E-state index contributed by atoms with van der Waals surface area (Å²) in [5, 5.41) is 0. The van der Waals surface area contributed by atoms with E-state index in [2.05, 4.69) is 46.6 Å². The van der Waals surface area contributed by atoms with Gasteiger partial charge in [0, 0.05) is 0 Å². The Labute approximate surface area is 250 Å².